The molecular weight excluding hydrogens is 396 g/mol. The highest BCUT2D eigenvalue weighted by Crippen LogP contribution is 2.29. The minimum atomic E-state index is -0.270. The van der Waals surface area contributed by atoms with Gasteiger partial charge in [-0.25, -0.2) is 0 Å². The zero-order chi connectivity index (χ0) is 20.8. The van der Waals surface area contributed by atoms with Gasteiger partial charge in [-0.1, -0.05) is 23.4 Å². The predicted octanol–water partition coefficient (Wildman–Crippen LogP) is 4.37. The van der Waals surface area contributed by atoms with Crippen molar-refractivity contribution in [1.82, 2.24) is 19.7 Å². The van der Waals surface area contributed by atoms with Gasteiger partial charge >= 0.3 is 0 Å². The lowest BCUT2D eigenvalue weighted by Crippen LogP contribution is -2.45. The number of thioether (sulfide) groups is 1. The van der Waals surface area contributed by atoms with Crippen molar-refractivity contribution in [3.05, 3.63) is 29.3 Å². The second-order valence-electron chi connectivity index (χ2n) is 7.15. The molecule has 0 fully saturated rings. The highest BCUT2D eigenvalue weighted by molar-refractivity contribution is 8.00. The molecule has 0 N–H and O–H groups in total. The summed E-state index contributed by atoms with van der Waals surface area (Å²) >= 11 is 7.43. The Hall–Kier alpha value is -1.57. The SMILES string of the molecule is COCCn1c(S[C@H](C)C(=O)N(C(C)C)C(C)C)nnc1-c1ccc(Cl)cc1. The third-order valence-electron chi connectivity index (χ3n) is 4.34. The van der Waals surface area contributed by atoms with Crippen LogP contribution < -0.4 is 0 Å². The van der Waals surface area contributed by atoms with E-state index in [1.807, 2.05) is 68.4 Å². The number of aromatic nitrogens is 3. The first-order valence-electron chi connectivity index (χ1n) is 9.43. The number of nitrogens with zero attached hydrogens (tertiary/aromatic N) is 4. The summed E-state index contributed by atoms with van der Waals surface area (Å²) in [6.07, 6.45) is 0. The summed E-state index contributed by atoms with van der Waals surface area (Å²) in [4.78, 5) is 14.9. The molecule has 0 saturated carbocycles. The fourth-order valence-corrected chi connectivity index (χ4v) is 4.15. The fraction of sp³-hybridized carbons (Fsp3) is 0.550. The van der Waals surface area contributed by atoms with E-state index in [1.54, 1.807) is 7.11 Å². The Labute approximate surface area is 176 Å². The topological polar surface area (TPSA) is 60.2 Å². The molecule has 154 valence electrons. The summed E-state index contributed by atoms with van der Waals surface area (Å²) in [5.41, 5.74) is 0.921. The molecule has 0 aliphatic rings. The first kappa shape index (κ1) is 22.7. The van der Waals surface area contributed by atoms with Crippen LogP contribution in [0.1, 0.15) is 34.6 Å². The van der Waals surface area contributed by atoms with Gasteiger partial charge in [0.2, 0.25) is 5.91 Å². The summed E-state index contributed by atoms with van der Waals surface area (Å²) in [5.74, 6) is 0.838. The number of carbonyl (C=O) groups excluding carboxylic acids is 1. The third-order valence-corrected chi connectivity index (χ3v) is 5.66. The molecular formula is C20H29ClN4O2S. The maximum Gasteiger partial charge on any atom is 0.236 e. The third kappa shape index (κ3) is 5.49. The van der Waals surface area contributed by atoms with Crippen LogP contribution in [-0.2, 0) is 16.1 Å². The summed E-state index contributed by atoms with van der Waals surface area (Å²) < 4.78 is 7.25. The van der Waals surface area contributed by atoms with E-state index in [1.165, 1.54) is 11.8 Å². The second-order valence-corrected chi connectivity index (χ2v) is 8.89. The molecule has 1 heterocycles. The molecule has 1 atom stereocenters. The van der Waals surface area contributed by atoms with E-state index in [0.29, 0.717) is 23.3 Å². The normalized spacial score (nSPS) is 12.6. The van der Waals surface area contributed by atoms with Crippen LogP contribution in [0.15, 0.2) is 29.4 Å². The Bertz CT molecular complexity index is 769. The number of amides is 1. The monoisotopic (exact) mass is 424 g/mol. The van der Waals surface area contributed by atoms with E-state index in [4.69, 9.17) is 16.3 Å². The molecule has 0 bridgehead atoms. The number of hydrogen-bond donors (Lipinski definition) is 0. The molecule has 2 aromatic rings. The van der Waals surface area contributed by atoms with E-state index < -0.39 is 0 Å². The molecule has 28 heavy (non-hydrogen) atoms. The minimum absolute atomic E-state index is 0.101. The Balaban J connectivity index is 2.29. The van der Waals surface area contributed by atoms with Crippen molar-refractivity contribution >= 4 is 29.3 Å². The lowest BCUT2D eigenvalue weighted by molar-refractivity contribution is -0.133. The molecule has 0 saturated heterocycles. The maximum absolute atomic E-state index is 13.0. The lowest BCUT2D eigenvalue weighted by Gasteiger charge is -2.32. The number of ether oxygens (including phenoxy) is 1. The van der Waals surface area contributed by atoms with Crippen molar-refractivity contribution in [3.63, 3.8) is 0 Å². The first-order valence-corrected chi connectivity index (χ1v) is 10.7. The largest absolute Gasteiger partial charge is 0.383 e. The van der Waals surface area contributed by atoms with Crippen LogP contribution in [0.3, 0.4) is 0 Å². The van der Waals surface area contributed by atoms with Gasteiger partial charge in [0.25, 0.3) is 0 Å². The van der Waals surface area contributed by atoms with Gasteiger partial charge in [-0.15, -0.1) is 10.2 Å². The highest BCUT2D eigenvalue weighted by atomic mass is 35.5. The van der Waals surface area contributed by atoms with Crippen molar-refractivity contribution < 1.29 is 9.53 Å². The molecule has 1 aromatic carbocycles. The Kier molecular flexibility index (Phi) is 8.34. The van der Waals surface area contributed by atoms with E-state index >= 15 is 0 Å². The van der Waals surface area contributed by atoms with Crippen molar-refractivity contribution in [2.75, 3.05) is 13.7 Å². The van der Waals surface area contributed by atoms with Crippen LogP contribution in [0.2, 0.25) is 5.02 Å². The van der Waals surface area contributed by atoms with Crippen LogP contribution in [0.25, 0.3) is 11.4 Å². The Morgan fingerprint density at radius 2 is 1.75 bits per heavy atom. The Morgan fingerprint density at radius 3 is 2.29 bits per heavy atom. The number of halogens is 1. The van der Waals surface area contributed by atoms with E-state index in [-0.39, 0.29) is 23.2 Å². The van der Waals surface area contributed by atoms with E-state index in [2.05, 4.69) is 10.2 Å². The molecule has 2 rings (SSSR count). The van der Waals surface area contributed by atoms with Crippen LogP contribution in [0.4, 0.5) is 0 Å². The van der Waals surface area contributed by atoms with Gasteiger partial charge in [-0.3, -0.25) is 9.36 Å². The lowest BCUT2D eigenvalue weighted by atomic mass is 10.2. The van der Waals surface area contributed by atoms with E-state index in [0.717, 1.165) is 11.4 Å². The van der Waals surface area contributed by atoms with Gasteiger partial charge in [-0.05, 0) is 58.9 Å². The average molecular weight is 425 g/mol. The van der Waals surface area contributed by atoms with Crippen molar-refractivity contribution in [2.24, 2.45) is 0 Å². The Morgan fingerprint density at radius 1 is 1.14 bits per heavy atom. The molecule has 8 heteroatoms. The number of benzene rings is 1. The van der Waals surface area contributed by atoms with Crippen LogP contribution in [0.5, 0.6) is 0 Å². The van der Waals surface area contributed by atoms with Gasteiger partial charge < -0.3 is 9.64 Å². The molecule has 0 unspecified atom stereocenters. The van der Waals surface area contributed by atoms with Gasteiger partial charge in [0, 0.05) is 29.8 Å². The van der Waals surface area contributed by atoms with Crippen LogP contribution >= 0.6 is 23.4 Å². The molecule has 0 radical (unpaired) electrons. The maximum atomic E-state index is 13.0. The highest BCUT2D eigenvalue weighted by Gasteiger charge is 2.27. The fourth-order valence-electron chi connectivity index (χ4n) is 3.10. The van der Waals surface area contributed by atoms with Gasteiger partial charge in [0.15, 0.2) is 11.0 Å². The first-order chi connectivity index (χ1) is 13.3. The average Bonchev–Trinajstić information content (AvgIpc) is 3.02. The second kappa shape index (κ2) is 10.3. The van der Waals surface area contributed by atoms with E-state index in [9.17, 15) is 4.79 Å². The van der Waals surface area contributed by atoms with Crippen molar-refractivity contribution in [1.29, 1.82) is 0 Å². The standard InChI is InChI=1S/C20H29ClN4O2S/c1-13(2)25(14(3)4)19(26)15(5)28-20-23-22-18(24(20)11-12-27-6)16-7-9-17(21)10-8-16/h7-10,13-15H,11-12H2,1-6H3/t15-/m1/s1. The zero-order valence-corrected chi connectivity index (χ0v) is 18.9. The van der Waals surface area contributed by atoms with Gasteiger partial charge in [-0.2, -0.15) is 0 Å². The van der Waals surface area contributed by atoms with Crippen molar-refractivity contribution in [3.8, 4) is 11.4 Å². The van der Waals surface area contributed by atoms with Crippen molar-refractivity contribution in [2.45, 2.75) is 63.7 Å². The molecule has 0 aliphatic carbocycles. The number of methoxy groups -OCH3 is 1. The van der Waals surface area contributed by atoms with Crippen LogP contribution in [-0.4, -0.2) is 56.6 Å². The molecule has 0 aliphatic heterocycles. The predicted molar refractivity (Wildman–Crippen MR) is 115 cm³/mol. The number of rotatable bonds is 9. The molecule has 6 nitrogen and oxygen atoms in total. The van der Waals surface area contributed by atoms with Gasteiger partial charge in [0.05, 0.1) is 18.4 Å². The molecule has 0 spiro atoms. The summed E-state index contributed by atoms with van der Waals surface area (Å²) in [5, 5.41) is 9.82. The minimum Gasteiger partial charge on any atom is -0.383 e. The summed E-state index contributed by atoms with van der Waals surface area (Å²) in [7, 11) is 1.66. The summed E-state index contributed by atoms with van der Waals surface area (Å²) in [6, 6.07) is 7.77. The quantitative estimate of drug-likeness (QED) is 0.559. The van der Waals surface area contributed by atoms with Gasteiger partial charge in [0.1, 0.15) is 0 Å². The molecule has 1 aromatic heterocycles. The number of hydrogen-bond acceptors (Lipinski definition) is 5. The number of carbonyl (C=O) groups is 1. The smallest absolute Gasteiger partial charge is 0.236 e. The summed E-state index contributed by atoms with van der Waals surface area (Å²) in [6.45, 7) is 11.2. The molecule has 1 amide bonds. The zero-order valence-electron chi connectivity index (χ0n) is 17.3. The van der Waals surface area contributed by atoms with Crippen LogP contribution in [0, 0.1) is 0 Å².